The van der Waals surface area contributed by atoms with E-state index in [1.807, 2.05) is 13.8 Å². The molecule has 0 bridgehead atoms. The smallest absolute Gasteiger partial charge is 0.223 e. The van der Waals surface area contributed by atoms with E-state index in [1.165, 1.54) is 0 Å². The van der Waals surface area contributed by atoms with Gasteiger partial charge in [-0.05, 0) is 94.0 Å². The van der Waals surface area contributed by atoms with E-state index < -0.39 is 11.5 Å². The third kappa shape index (κ3) is 3.21. The number of carbonyl (C=O) groups excluding carboxylic acids is 2. The Balaban J connectivity index is 1.49. The summed E-state index contributed by atoms with van der Waals surface area (Å²) in [6.07, 6.45) is 6.42. The van der Waals surface area contributed by atoms with Gasteiger partial charge in [0.25, 0.3) is 0 Å². The normalized spacial score (nSPS) is 52.0. The van der Waals surface area contributed by atoms with Gasteiger partial charge in [-0.25, -0.2) is 0 Å². The number of fused-ring (bicyclic) bond motifs is 2. The van der Waals surface area contributed by atoms with Crippen LogP contribution >= 0.6 is 0 Å². The zero-order valence-electron chi connectivity index (χ0n) is 24.6. The third-order valence-electron chi connectivity index (χ3n) is 13.8. The van der Waals surface area contributed by atoms with Gasteiger partial charge < -0.3 is 20.4 Å². The highest BCUT2D eigenvalue weighted by atomic mass is 16.3. The van der Waals surface area contributed by atoms with E-state index in [9.17, 15) is 19.8 Å². The number of ketones is 1. The van der Waals surface area contributed by atoms with Gasteiger partial charge in [0, 0.05) is 41.2 Å². The molecule has 210 valence electrons. The largest absolute Gasteiger partial charge is 0.396 e. The maximum Gasteiger partial charge on any atom is 0.223 e. The predicted octanol–water partition coefficient (Wildman–Crippen LogP) is 4.03. The van der Waals surface area contributed by atoms with Crippen LogP contribution in [-0.4, -0.2) is 65.7 Å². The van der Waals surface area contributed by atoms with Gasteiger partial charge in [-0.15, -0.1) is 0 Å². The second-order valence-corrected chi connectivity index (χ2v) is 15.0. The fourth-order valence-corrected chi connectivity index (χ4v) is 11.2. The third-order valence-corrected chi connectivity index (χ3v) is 13.8. The van der Waals surface area contributed by atoms with Crippen molar-refractivity contribution in [2.24, 2.45) is 50.7 Å². The molecule has 0 aliphatic heterocycles. The van der Waals surface area contributed by atoms with Crippen LogP contribution in [0.1, 0.15) is 92.9 Å². The van der Waals surface area contributed by atoms with Crippen LogP contribution in [-0.2, 0) is 9.59 Å². The van der Waals surface area contributed by atoms with Gasteiger partial charge in [0.15, 0.2) is 0 Å². The Labute approximate surface area is 224 Å². The van der Waals surface area contributed by atoms with Crippen LogP contribution < -0.4 is 5.32 Å². The average Bonchev–Trinajstić information content (AvgIpc) is 3.48. The molecular formula is C31H52N2O4. The monoisotopic (exact) mass is 516 g/mol. The van der Waals surface area contributed by atoms with E-state index in [-0.39, 0.29) is 69.9 Å². The lowest BCUT2D eigenvalue weighted by Crippen LogP contribution is -2.64. The van der Waals surface area contributed by atoms with Gasteiger partial charge in [0.2, 0.25) is 5.91 Å². The first-order valence-corrected chi connectivity index (χ1v) is 15.0. The first-order chi connectivity index (χ1) is 17.2. The molecule has 1 amide bonds. The molecule has 0 saturated heterocycles. The highest BCUT2D eigenvalue weighted by molar-refractivity contribution is 5.92. The van der Waals surface area contributed by atoms with Crippen molar-refractivity contribution in [2.45, 2.75) is 111 Å². The molecule has 5 fully saturated rings. The number of nitrogens with zero attached hydrogens (tertiary/aromatic N) is 1. The molecular weight excluding hydrogens is 464 g/mol. The van der Waals surface area contributed by atoms with Crippen molar-refractivity contribution < 1.29 is 19.8 Å². The van der Waals surface area contributed by atoms with Gasteiger partial charge in [0.1, 0.15) is 5.78 Å². The quantitative estimate of drug-likeness (QED) is 0.496. The molecule has 0 heterocycles. The summed E-state index contributed by atoms with van der Waals surface area (Å²) >= 11 is 0. The van der Waals surface area contributed by atoms with Gasteiger partial charge in [-0.1, -0.05) is 34.6 Å². The second kappa shape index (κ2) is 8.51. The van der Waals surface area contributed by atoms with E-state index in [2.05, 4.69) is 52.0 Å². The number of nitrogens with one attached hydrogen (secondary N) is 1. The molecule has 1 unspecified atom stereocenters. The molecule has 5 aliphatic rings. The maximum atomic E-state index is 14.4. The Morgan fingerprint density at radius 3 is 2.35 bits per heavy atom. The van der Waals surface area contributed by atoms with Crippen molar-refractivity contribution in [3.05, 3.63) is 0 Å². The molecule has 3 N–H and O–H groups in total. The number of carbonyl (C=O) groups is 2. The predicted molar refractivity (Wildman–Crippen MR) is 145 cm³/mol. The molecule has 0 aromatic rings. The van der Waals surface area contributed by atoms with Crippen molar-refractivity contribution in [3.8, 4) is 0 Å². The second-order valence-electron chi connectivity index (χ2n) is 15.0. The van der Waals surface area contributed by atoms with E-state index in [0.29, 0.717) is 12.2 Å². The van der Waals surface area contributed by atoms with Crippen LogP contribution in [0.5, 0.6) is 0 Å². The van der Waals surface area contributed by atoms with Gasteiger partial charge >= 0.3 is 0 Å². The van der Waals surface area contributed by atoms with Crippen molar-refractivity contribution in [1.29, 1.82) is 0 Å². The molecule has 0 aromatic carbocycles. The lowest BCUT2D eigenvalue weighted by atomic mass is 9.41. The molecule has 12 atom stereocenters. The number of hydrogen-bond acceptors (Lipinski definition) is 5. The van der Waals surface area contributed by atoms with Crippen molar-refractivity contribution in [1.82, 2.24) is 10.2 Å². The number of rotatable bonds is 6. The van der Waals surface area contributed by atoms with Crippen LogP contribution in [0.15, 0.2) is 0 Å². The summed E-state index contributed by atoms with van der Waals surface area (Å²) in [5.41, 5.74) is -1.11. The Morgan fingerprint density at radius 2 is 1.76 bits per heavy atom. The molecule has 5 saturated carbocycles. The zero-order chi connectivity index (χ0) is 27.3. The summed E-state index contributed by atoms with van der Waals surface area (Å²) < 4.78 is 0. The summed E-state index contributed by atoms with van der Waals surface area (Å²) in [6.45, 7) is 13.1. The highest BCUT2D eigenvalue weighted by Gasteiger charge is 2.86. The summed E-state index contributed by atoms with van der Waals surface area (Å²) in [7, 11) is 4.16. The minimum Gasteiger partial charge on any atom is -0.396 e. The highest BCUT2D eigenvalue weighted by Crippen LogP contribution is 2.87. The van der Waals surface area contributed by atoms with Gasteiger partial charge in [-0.2, -0.15) is 0 Å². The Kier molecular flexibility index (Phi) is 6.34. The van der Waals surface area contributed by atoms with Crippen LogP contribution in [0.25, 0.3) is 0 Å². The zero-order valence-corrected chi connectivity index (χ0v) is 24.6. The first kappa shape index (κ1) is 27.6. The van der Waals surface area contributed by atoms with Crippen LogP contribution in [0, 0.1) is 50.7 Å². The summed E-state index contributed by atoms with van der Waals surface area (Å²) in [6, 6.07) is 0.150. The number of aliphatic hydroxyl groups is 2. The lowest BCUT2D eigenvalue weighted by molar-refractivity contribution is -0.173. The number of hydrogen-bond donors (Lipinski definition) is 3. The summed E-state index contributed by atoms with van der Waals surface area (Å²) in [5.74, 6) is 1.07. The Morgan fingerprint density at radius 1 is 1.11 bits per heavy atom. The van der Waals surface area contributed by atoms with Gasteiger partial charge in [0.05, 0.1) is 12.7 Å². The average molecular weight is 517 g/mol. The minimum atomic E-state index is -0.422. The molecule has 37 heavy (non-hydrogen) atoms. The van der Waals surface area contributed by atoms with Crippen molar-refractivity contribution in [2.75, 3.05) is 20.7 Å². The minimum absolute atomic E-state index is 0.0364. The maximum absolute atomic E-state index is 14.4. The standard InChI is InChI=1S/C31H52N2O4/c1-9-18(2)26(37)32-23-12-13-30-16-31(30)22(11-10-21(30)27(23,4)17-34)28(5)14-20(35)25(19(3)33(7)8)29(28,6)15-24(31)36/h18-23,25,34-35H,9-17H2,1-8H3,(H,32,37)/t18?,19-,20+,21-,22-,23-,25-,27-,28-,29+,30+,31-/m0/s1. The molecule has 2 spiro atoms. The van der Waals surface area contributed by atoms with E-state index >= 15 is 0 Å². The van der Waals surface area contributed by atoms with Crippen LogP contribution in [0.3, 0.4) is 0 Å². The summed E-state index contributed by atoms with van der Waals surface area (Å²) in [4.78, 5) is 29.5. The molecule has 0 radical (unpaired) electrons. The van der Waals surface area contributed by atoms with E-state index in [4.69, 9.17) is 0 Å². The fraction of sp³-hybridized carbons (Fsp3) is 0.935. The molecule has 0 aromatic heterocycles. The lowest BCUT2D eigenvalue weighted by Gasteiger charge is -2.63. The molecule has 5 aliphatic carbocycles. The van der Waals surface area contributed by atoms with E-state index in [1.54, 1.807) is 0 Å². The fourth-order valence-electron chi connectivity index (χ4n) is 11.2. The van der Waals surface area contributed by atoms with Crippen LogP contribution in [0.4, 0.5) is 0 Å². The van der Waals surface area contributed by atoms with Crippen LogP contribution in [0.2, 0.25) is 0 Å². The number of aliphatic hydroxyl groups excluding tert-OH is 2. The Hall–Kier alpha value is -0.980. The first-order valence-electron chi connectivity index (χ1n) is 15.0. The molecule has 6 nitrogen and oxygen atoms in total. The number of Topliss-reactive ketones (excluding diaryl/α,β-unsaturated/α-hetero) is 1. The SMILES string of the molecule is CCC(C)C(=O)N[C@H]1CC[C@]23C[C@]24C(=O)C[C@]2(C)[C@@H]([C@H](C)N(C)C)[C@H](O)C[C@@]2(C)[C@@H]4CC[C@H]3[C@]1(C)CO. The van der Waals surface area contributed by atoms with Crippen molar-refractivity contribution >= 4 is 11.7 Å². The molecule has 6 heteroatoms. The van der Waals surface area contributed by atoms with Crippen molar-refractivity contribution in [3.63, 3.8) is 0 Å². The molecule has 5 rings (SSSR count). The van der Waals surface area contributed by atoms with E-state index in [0.717, 1.165) is 44.9 Å². The summed E-state index contributed by atoms with van der Waals surface area (Å²) in [5, 5.41) is 25.6. The Bertz CT molecular complexity index is 969. The number of amides is 1. The van der Waals surface area contributed by atoms with Gasteiger partial charge in [-0.3, -0.25) is 9.59 Å². The topological polar surface area (TPSA) is 89.9 Å².